The van der Waals surface area contributed by atoms with Gasteiger partial charge in [-0.25, -0.2) is 0 Å². The Hall–Kier alpha value is -1.79. The monoisotopic (exact) mass is 172 g/mol. The minimum Gasteiger partial charge on any atom is -0.370 e. The van der Waals surface area contributed by atoms with E-state index in [1.165, 1.54) is 0 Å². The maximum atomic E-state index is 10.2. The Labute approximate surface area is 69.5 Å². The van der Waals surface area contributed by atoms with Gasteiger partial charge in [0.1, 0.15) is 0 Å². The van der Waals surface area contributed by atoms with E-state index in [9.17, 15) is 4.79 Å². The van der Waals surface area contributed by atoms with E-state index in [4.69, 9.17) is 22.9 Å². The Morgan fingerprint density at radius 3 is 2.17 bits per heavy atom. The topological polar surface area (TPSA) is 146 Å². The quantitative estimate of drug-likeness (QED) is 0.274. The van der Waals surface area contributed by atoms with E-state index in [-0.39, 0.29) is 24.9 Å². The van der Waals surface area contributed by atoms with Gasteiger partial charge < -0.3 is 22.9 Å². The molecule has 0 radical (unpaired) electrons. The van der Waals surface area contributed by atoms with Crippen LogP contribution >= 0.6 is 0 Å². The molecule has 0 aliphatic carbocycles. The average Bonchev–Trinajstić information content (AvgIpc) is 1.84. The molecule has 0 aliphatic rings. The Balaban J connectivity index is 3.85. The summed E-state index contributed by atoms with van der Waals surface area (Å²) in [5.41, 5.74) is 20.1. The Morgan fingerprint density at radius 2 is 1.75 bits per heavy atom. The van der Waals surface area contributed by atoms with Crippen LogP contribution in [-0.4, -0.2) is 24.4 Å². The summed E-state index contributed by atoms with van der Waals surface area (Å²) in [6.07, 6.45) is 0.126. The molecule has 0 aromatic heterocycles. The minimum atomic E-state index is -0.448. The zero-order valence-electron chi connectivity index (χ0n) is 6.53. The fourth-order valence-corrected chi connectivity index (χ4v) is 0.448. The fraction of sp³-hybridized carbons (Fsp3) is 0.400. The normalized spacial score (nSPS) is 10.8. The number of carbonyl (C=O) groups excluding carboxylic acids is 1. The maximum Gasteiger partial charge on any atom is 0.219 e. The van der Waals surface area contributed by atoms with E-state index < -0.39 is 5.91 Å². The number of nitrogens with zero attached hydrogens (tertiary/aromatic N) is 2. The summed E-state index contributed by atoms with van der Waals surface area (Å²) in [6, 6.07) is 0. The molecule has 0 atom stereocenters. The molecule has 7 heteroatoms. The summed E-state index contributed by atoms with van der Waals surface area (Å²) in [6.45, 7) is 0.192. The molecule has 0 aromatic carbocycles. The molecule has 0 saturated carbocycles. The van der Waals surface area contributed by atoms with Gasteiger partial charge in [-0.05, 0) is 0 Å². The third-order valence-electron chi connectivity index (χ3n) is 0.876. The molecular weight excluding hydrogens is 160 g/mol. The summed E-state index contributed by atoms with van der Waals surface area (Å²) in [5.74, 6) is -0.678. The second kappa shape index (κ2) is 4.94. The lowest BCUT2D eigenvalue weighted by atomic mass is 10.4. The zero-order valence-corrected chi connectivity index (χ0v) is 6.53. The van der Waals surface area contributed by atoms with Gasteiger partial charge >= 0.3 is 0 Å². The third kappa shape index (κ3) is 6.33. The van der Waals surface area contributed by atoms with Gasteiger partial charge in [-0.15, -0.1) is 0 Å². The first-order valence-electron chi connectivity index (χ1n) is 3.20. The van der Waals surface area contributed by atoms with Gasteiger partial charge in [0.05, 0.1) is 6.54 Å². The first-order valence-corrected chi connectivity index (χ1v) is 3.20. The highest BCUT2D eigenvalue weighted by Gasteiger charge is 1.92. The van der Waals surface area contributed by atoms with Crippen LogP contribution in [0.4, 0.5) is 0 Å². The summed E-state index contributed by atoms with van der Waals surface area (Å²) in [7, 11) is 0. The lowest BCUT2D eigenvalue weighted by Crippen LogP contribution is -2.26. The highest BCUT2D eigenvalue weighted by molar-refractivity contribution is 5.92. The van der Waals surface area contributed by atoms with Crippen molar-refractivity contribution < 1.29 is 4.79 Å². The summed E-state index contributed by atoms with van der Waals surface area (Å²) in [5, 5.41) is 0. The van der Waals surface area contributed by atoms with Gasteiger partial charge in [0.25, 0.3) is 0 Å². The Morgan fingerprint density at radius 1 is 1.17 bits per heavy atom. The third-order valence-corrected chi connectivity index (χ3v) is 0.876. The fourth-order valence-electron chi connectivity index (χ4n) is 0.448. The van der Waals surface area contributed by atoms with Crippen LogP contribution in [0.1, 0.15) is 6.42 Å². The molecule has 0 spiro atoms. The van der Waals surface area contributed by atoms with E-state index in [1.807, 2.05) is 0 Å². The second-order valence-electron chi connectivity index (χ2n) is 1.99. The number of carbonyl (C=O) groups is 1. The predicted octanol–water partition coefficient (Wildman–Crippen LogP) is -2.55. The van der Waals surface area contributed by atoms with Crippen LogP contribution in [0.3, 0.4) is 0 Å². The molecule has 12 heavy (non-hydrogen) atoms. The van der Waals surface area contributed by atoms with Crippen molar-refractivity contribution in [3.05, 3.63) is 0 Å². The first-order chi connectivity index (χ1) is 5.52. The van der Waals surface area contributed by atoms with Crippen LogP contribution in [0.15, 0.2) is 9.98 Å². The minimum absolute atomic E-state index is 0.0590. The van der Waals surface area contributed by atoms with Crippen molar-refractivity contribution in [1.82, 2.24) is 0 Å². The first kappa shape index (κ1) is 10.2. The van der Waals surface area contributed by atoms with Gasteiger partial charge in [0, 0.05) is 6.42 Å². The van der Waals surface area contributed by atoms with Crippen molar-refractivity contribution >= 4 is 17.8 Å². The van der Waals surface area contributed by atoms with Crippen molar-refractivity contribution in [1.29, 1.82) is 0 Å². The molecule has 7 nitrogen and oxygen atoms in total. The maximum absolute atomic E-state index is 10.2. The van der Waals surface area contributed by atoms with Gasteiger partial charge in [-0.2, -0.15) is 4.99 Å². The molecule has 0 saturated heterocycles. The smallest absolute Gasteiger partial charge is 0.219 e. The highest BCUT2D eigenvalue weighted by atomic mass is 16.1. The van der Waals surface area contributed by atoms with Gasteiger partial charge in [-0.1, -0.05) is 0 Å². The SMILES string of the molecule is NC(=O)CCN=C(N)N=C(N)N. The number of hydrogen-bond donors (Lipinski definition) is 4. The molecular formula is C5H12N6O. The number of guanidine groups is 2. The molecule has 8 N–H and O–H groups in total. The van der Waals surface area contributed by atoms with Gasteiger partial charge in [0.2, 0.25) is 11.9 Å². The van der Waals surface area contributed by atoms with Crippen LogP contribution in [0, 0.1) is 0 Å². The van der Waals surface area contributed by atoms with Crippen LogP contribution in [-0.2, 0) is 4.79 Å². The van der Waals surface area contributed by atoms with Crippen LogP contribution in [0.5, 0.6) is 0 Å². The lowest BCUT2D eigenvalue weighted by molar-refractivity contribution is -0.117. The average molecular weight is 172 g/mol. The van der Waals surface area contributed by atoms with Crippen LogP contribution < -0.4 is 22.9 Å². The molecule has 0 bridgehead atoms. The molecule has 0 unspecified atom stereocenters. The molecule has 0 fully saturated rings. The van der Waals surface area contributed by atoms with Crippen LogP contribution in [0.25, 0.3) is 0 Å². The van der Waals surface area contributed by atoms with Crippen molar-refractivity contribution in [3.8, 4) is 0 Å². The Bertz CT molecular complexity index is 216. The van der Waals surface area contributed by atoms with Crippen LogP contribution in [0.2, 0.25) is 0 Å². The molecule has 0 heterocycles. The van der Waals surface area contributed by atoms with Crippen molar-refractivity contribution in [2.75, 3.05) is 6.54 Å². The highest BCUT2D eigenvalue weighted by Crippen LogP contribution is 1.80. The Kier molecular flexibility index (Phi) is 4.20. The molecule has 0 rings (SSSR count). The van der Waals surface area contributed by atoms with E-state index in [2.05, 4.69) is 9.98 Å². The molecule has 1 amide bonds. The summed E-state index contributed by atoms with van der Waals surface area (Å²) in [4.78, 5) is 17.3. The number of hydrogen-bond acceptors (Lipinski definition) is 2. The number of primary amides is 1. The van der Waals surface area contributed by atoms with Crippen molar-refractivity contribution in [2.24, 2.45) is 32.9 Å². The summed E-state index contributed by atoms with van der Waals surface area (Å²) < 4.78 is 0. The van der Waals surface area contributed by atoms with Gasteiger partial charge in [-0.3, -0.25) is 9.79 Å². The van der Waals surface area contributed by atoms with E-state index in [1.54, 1.807) is 0 Å². The number of amides is 1. The van der Waals surface area contributed by atoms with E-state index in [0.717, 1.165) is 0 Å². The largest absolute Gasteiger partial charge is 0.370 e. The molecule has 0 aromatic rings. The number of nitrogens with two attached hydrogens (primary N) is 4. The number of aliphatic imine (C=N–C) groups is 2. The summed E-state index contributed by atoms with van der Waals surface area (Å²) >= 11 is 0. The van der Waals surface area contributed by atoms with Crippen molar-refractivity contribution in [3.63, 3.8) is 0 Å². The molecule has 68 valence electrons. The lowest BCUT2D eigenvalue weighted by Gasteiger charge is -1.93. The van der Waals surface area contributed by atoms with E-state index >= 15 is 0 Å². The zero-order chi connectivity index (χ0) is 9.56. The second-order valence-corrected chi connectivity index (χ2v) is 1.99. The van der Waals surface area contributed by atoms with Crippen molar-refractivity contribution in [2.45, 2.75) is 6.42 Å². The van der Waals surface area contributed by atoms with E-state index in [0.29, 0.717) is 0 Å². The van der Waals surface area contributed by atoms with Gasteiger partial charge in [0.15, 0.2) is 5.96 Å². The standard InChI is InChI=1S/C5H12N6O/c6-3(12)1-2-10-5(9)11-4(7)8/h1-2H2,(H2,6,12)(H6,7,8,9,10,11). The predicted molar refractivity (Wildman–Crippen MR) is 46.1 cm³/mol. The number of rotatable bonds is 3. The molecule has 0 aliphatic heterocycles.